The maximum atomic E-state index is 12.4. The quantitative estimate of drug-likeness (QED) is 0.178. The normalized spacial score (nSPS) is 28.8. The summed E-state index contributed by atoms with van der Waals surface area (Å²) in [6.45, 7) is 5.54. The number of hydrogen-bond donors (Lipinski definition) is 1. The van der Waals surface area contributed by atoms with E-state index in [0.717, 1.165) is 30.5 Å². The van der Waals surface area contributed by atoms with E-state index < -0.39 is 85.9 Å². The van der Waals surface area contributed by atoms with Crippen LogP contribution in [0.4, 0.5) is 0 Å². The maximum absolute atomic E-state index is 12.4. The lowest BCUT2D eigenvalue weighted by molar-refractivity contribution is -0.369. The van der Waals surface area contributed by atoms with Crippen LogP contribution in [0.3, 0.4) is 0 Å². The van der Waals surface area contributed by atoms with E-state index in [9.17, 15) is 19.5 Å². The van der Waals surface area contributed by atoms with Gasteiger partial charge in [0.2, 0.25) is 0 Å². The van der Waals surface area contributed by atoms with Crippen molar-refractivity contribution in [2.24, 2.45) is 0 Å². The summed E-state index contributed by atoms with van der Waals surface area (Å²) in [6.07, 6.45) is -11.4. The second kappa shape index (κ2) is 19.0. The smallest absolute Gasteiger partial charge is 0.303 e. The highest BCUT2D eigenvalue weighted by atomic mass is 16.8. The number of carbonyl (C=O) groups is 3. The molecule has 0 saturated carbocycles. The minimum atomic E-state index is -1.75. The molecule has 52 heavy (non-hydrogen) atoms. The van der Waals surface area contributed by atoms with Gasteiger partial charge in [-0.2, -0.15) is 0 Å². The predicted octanol–water partition coefficient (Wildman–Crippen LogP) is 4.02. The standard InChI is InChI=1S/C39H46O13/c1-24-32(45-20-28-14-8-5-9-15-28)34(46-21-29-16-10-6-11-17-29)37(47-22-30-18-12-7-13-19-30)39(48-24)52-36-35(50-27(4)42)33(49-26(3)41)31(51-38(36)43)23-44-25(2)40/h5-19,24,31-39,43H,20-23H2,1-4H3/t24-,31+,32+,33-,34-,35-,36-,37-,38-,39-/m0/s1. The van der Waals surface area contributed by atoms with Crippen molar-refractivity contribution in [1.29, 1.82) is 0 Å². The van der Waals surface area contributed by atoms with Crippen molar-refractivity contribution in [3.05, 3.63) is 108 Å². The number of aliphatic hydroxyl groups is 1. The molecule has 0 aromatic heterocycles. The first-order valence-electron chi connectivity index (χ1n) is 17.2. The molecule has 0 aliphatic carbocycles. The molecule has 10 atom stereocenters. The number of aliphatic hydroxyl groups excluding tert-OH is 1. The Kier molecular flexibility index (Phi) is 14.3. The summed E-state index contributed by atoms with van der Waals surface area (Å²) in [5.41, 5.74) is 2.73. The molecule has 2 aliphatic rings. The molecular formula is C39H46O13. The van der Waals surface area contributed by atoms with Crippen LogP contribution >= 0.6 is 0 Å². The van der Waals surface area contributed by atoms with Gasteiger partial charge in [-0.25, -0.2) is 0 Å². The molecule has 2 aliphatic heterocycles. The van der Waals surface area contributed by atoms with Crippen molar-refractivity contribution >= 4 is 17.9 Å². The summed E-state index contributed by atoms with van der Waals surface area (Å²) < 4.78 is 54.6. The fourth-order valence-electron chi connectivity index (χ4n) is 6.17. The largest absolute Gasteiger partial charge is 0.463 e. The highest BCUT2D eigenvalue weighted by Gasteiger charge is 2.55. The zero-order valence-corrected chi connectivity index (χ0v) is 29.6. The van der Waals surface area contributed by atoms with Gasteiger partial charge in [-0.05, 0) is 23.6 Å². The Bertz CT molecular complexity index is 1560. The molecule has 2 saturated heterocycles. The lowest BCUT2D eigenvalue weighted by atomic mass is 9.96. The fourth-order valence-corrected chi connectivity index (χ4v) is 6.17. The van der Waals surface area contributed by atoms with Gasteiger partial charge in [-0.15, -0.1) is 0 Å². The molecule has 13 nitrogen and oxygen atoms in total. The number of ether oxygens (including phenoxy) is 9. The fraction of sp³-hybridized carbons (Fsp3) is 0.462. The summed E-state index contributed by atoms with van der Waals surface area (Å²) in [6, 6.07) is 28.8. The first-order valence-corrected chi connectivity index (χ1v) is 17.2. The summed E-state index contributed by atoms with van der Waals surface area (Å²) in [5, 5.41) is 11.3. The van der Waals surface area contributed by atoms with Crippen LogP contribution in [0.5, 0.6) is 0 Å². The highest BCUT2D eigenvalue weighted by molar-refractivity contribution is 5.68. The van der Waals surface area contributed by atoms with Gasteiger partial charge in [0.25, 0.3) is 0 Å². The van der Waals surface area contributed by atoms with E-state index in [1.165, 1.54) is 6.92 Å². The second-order valence-electron chi connectivity index (χ2n) is 12.6. The van der Waals surface area contributed by atoms with Gasteiger partial charge >= 0.3 is 17.9 Å². The first-order chi connectivity index (χ1) is 25.1. The summed E-state index contributed by atoms with van der Waals surface area (Å²) >= 11 is 0. The molecule has 0 amide bonds. The van der Waals surface area contributed by atoms with E-state index in [0.29, 0.717) is 0 Å². The first kappa shape index (κ1) is 39.0. The van der Waals surface area contributed by atoms with Gasteiger partial charge in [-0.1, -0.05) is 91.0 Å². The molecule has 2 heterocycles. The number of benzene rings is 3. The van der Waals surface area contributed by atoms with E-state index in [2.05, 4.69) is 0 Å². The number of esters is 3. The summed E-state index contributed by atoms with van der Waals surface area (Å²) in [5.74, 6) is -2.10. The number of carbonyl (C=O) groups excluding carboxylic acids is 3. The van der Waals surface area contributed by atoms with E-state index in [-0.39, 0.29) is 19.8 Å². The molecule has 0 unspecified atom stereocenters. The van der Waals surface area contributed by atoms with Crippen LogP contribution < -0.4 is 0 Å². The van der Waals surface area contributed by atoms with Gasteiger partial charge in [-0.3, -0.25) is 14.4 Å². The molecule has 1 N–H and O–H groups in total. The minimum Gasteiger partial charge on any atom is -0.463 e. The van der Waals surface area contributed by atoms with Crippen molar-refractivity contribution in [3.63, 3.8) is 0 Å². The van der Waals surface area contributed by atoms with Crippen LogP contribution in [0.1, 0.15) is 44.4 Å². The Morgan fingerprint density at radius 2 is 1.04 bits per heavy atom. The topological polar surface area (TPSA) is 155 Å². The van der Waals surface area contributed by atoms with Crippen molar-refractivity contribution in [3.8, 4) is 0 Å². The third-order valence-electron chi connectivity index (χ3n) is 8.54. The second-order valence-corrected chi connectivity index (χ2v) is 12.6. The van der Waals surface area contributed by atoms with Gasteiger partial charge < -0.3 is 47.7 Å². The zero-order valence-electron chi connectivity index (χ0n) is 29.6. The SMILES string of the molecule is CC(=O)OC[C@H]1O[C@H](O)[C@@H](O[C@@H]2O[C@@H](C)[C@@H](OCc3ccccc3)[C@H](OCc3ccccc3)[C@@H]2OCc2ccccc2)[C@@H](OC(C)=O)[C@H]1OC(C)=O. The van der Waals surface area contributed by atoms with Crippen molar-refractivity contribution < 1.29 is 62.1 Å². The lowest BCUT2D eigenvalue weighted by Crippen LogP contribution is -2.65. The van der Waals surface area contributed by atoms with Gasteiger partial charge in [0, 0.05) is 20.8 Å². The molecule has 0 spiro atoms. The number of rotatable bonds is 15. The molecule has 3 aromatic carbocycles. The zero-order chi connectivity index (χ0) is 37.0. The average Bonchev–Trinajstić information content (AvgIpc) is 3.12. The minimum absolute atomic E-state index is 0.136. The Morgan fingerprint density at radius 1 is 0.577 bits per heavy atom. The molecule has 280 valence electrons. The Labute approximate surface area is 302 Å². The molecule has 2 fully saturated rings. The highest BCUT2D eigenvalue weighted by Crippen LogP contribution is 2.35. The Balaban J connectivity index is 1.48. The van der Waals surface area contributed by atoms with Crippen LogP contribution in [-0.2, 0) is 76.8 Å². The van der Waals surface area contributed by atoms with Crippen molar-refractivity contribution in [2.45, 2.75) is 109 Å². The van der Waals surface area contributed by atoms with Crippen LogP contribution in [-0.4, -0.2) is 91.0 Å². The summed E-state index contributed by atoms with van der Waals surface area (Å²) in [4.78, 5) is 36.3. The molecule has 13 heteroatoms. The van der Waals surface area contributed by atoms with Crippen molar-refractivity contribution in [2.75, 3.05) is 6.61 Å². The van der Waals surface area contributed by atoms with Crippen LogP contribution in [0.25, 0.3) is 0 Å². The number of hydrogen-bond acceptors (Lipinski definition) is 13. The van der Waals surface area contributed by atoms with E-state index >= 15 is 0 Å². The van der Waals surface area contributed by atoms with Crippen LogP contribution in [0, 0.1) is 0 Å². The molecule has 0 radical (unpaired) electrons. The lowest BCUT2D eigenvalue weighted by Gasteiger charge is -2.48. The maximum Gasteiger partial charge on any atom is 0.303 e. The third kappa shape index (κ3) is 10.9. The monoisotopic (exact) mass is 722 g/mol. The van der Waals surface area contributed by atoms with Gasteiger partial charge in [0.1, 0.15) is 31.0 Å². The predicted molar refractivity (Wildman–Crippen MR) is 183 cm³/mol. The molecule has 3 aromatic rings. The van der Waals surface area contributed by atoms with Crippen LogP contribution in [0.15, 0.2) is 91.0 Å². The average molecular weight is 723 g/mol. The van der Waals surface area contributed by atoms with E-state index in [4.69, 9.17) is 42.6 Å². The molecule has 0 bridgehead atoms. The third-order valence-corrected chi connectivity index (χ3v) is 8.54. The van der Waals surface area contributed by atoms with Crippen LogP contribution in [0.2, 0.25) is 0 Å². The Morgan fingerprint density at radius 3 is 1.52 bits per heavy atom. The van der Waals surface area contributed by atoms with Crippen molar-refractivity contribution in [1.82, 2.24) is 0 Å². The Hall–Kier alpha value is -4.21. The van der Waals surface area contributed by atoms with Gasteiger partial charge in [0.15, 0.2) is 30.9 Å². The molecular weight excluding hydrogens is 676 g/mol. The van der Waals surface area contributed by atoms with E-state index in [1.807, 2.05) is 97.9 Å². The van der Waals surface area contributed by atoms with Gasteiger partial charge in [0.05, 0.1) is 25.9 Å². The molecule has 5 rings (SSSR count). The summed E-state index contributed by atoms with van der Waals surface area (Å²) in [7, 11) is 0. The van der Waals surface area contributed by atoms with E-state index in [1.54, 1.807) is 0 Å².